The summed E-state index contributed by atoms with van der Waals surface area (Å²) in [5, 5.41) is 40.4. The molecule has 0 saturated heterocycles. The molecule has 0 saturated carbocycles. The average molecular weight is 294 g/mol. The summed E-state index contributed by atoms with van der Waals surface area (Å²) in [5.41, 5.74) is 0. The number of aliphatic hydroxyl groups excluding tert-OH is 2. The molecule has 0 spiro atoms. The van der Waals surface area contributed by atoms with Crippen molar-refractivity contribution in [1.82, 2.24) is 0 Å². The van der Waals surface area contributed by atoms with Crippen molar-refractivity contribution in [3.63, 3.8) is 0 Å². The van der Waals surface area contributed by atoms with Crippen molar-refractivity contribution >= 4 is 11.9 Å². The Morgan fingerprint density at radius 3 is 1.00 bits per heavy atom. The molecule has 8 heteroatoms. The van der Waals surface area contributed by atoms with Crippen LogP contribution in [0, 0.1) is 11.8 Å². The highest BCUT2D eigenvalue weighted by Crippen LogP contribution is 2.07. The number of nitrogens with zero attached hydrogens (tertiary/aromatic N) is 2. The second kappa shape index (κ2) is 13.9. The van der Waals surface area contributed by atoms with Gasteiger partial charge in [-0.2, -0.15) is 10.2 Å². The zero-order valence-electron chi connectivity index (χ0n) is 12.8. The first-order chi connectivity index (χ1) is 8.91. The van der Waals surface area contributed by atoms with Crippen LogP contribution in [0.25, 0.3) is 0 Å². The fraction of sp³-hybridized carbons (Fsp3) is 0.833. The number of carboxylic acids is 2. The summed E-state index contributed by atoms with van der Waals surface area (Å²) in [7, 11) is 0. The Labute approximate surface area is 119 Å². The van der Waals surface area contributed by atoms with Crippen LogP contribution in [0.1, 0.15) is 41.5 Å². The predicted octanol–water partition coefficient (Wildman–Crippen LogP) is 1.57. The third-order valence-corrected chi connectivity index (χ3v) is 1.50. The summed E-state index contributed by atoms with van der Waals surface area (Å²) in [6.45, 7) is 9.52. The van der Waals surface area contributed by atoms with Crippen LogP contribution >= 0.6 is 0 Å². The van der Waals surface area contributed by atoms with E-state index in [4.69, 9.17) is 19.8 Å². The number of aliphatic hydroxyl groups is 2. The fourth-order valence-electron chi connectivity index (χ4n) is 0.403. The first-order valence-electron chi connectivity index (χ1n) is 6.06. The summed E-state index contributed by atoms with van der Waals surface area (Å²) in [6, 6.07) is 0. The minimum absolute atomic E-state index is 0.0353. The molecular weight excluding hydrogens is 268 g/mol. The van der Waals surface area contributed by atoms with Crippen LogP contribution < -0.4 is 0 Å². The summed E-state index contributed by atoms with van der Waals surface area (Å²) in [5.74, 6) is -1.60. The van der Waals surface area contributed by atoms with Gasteiger partial charge in [0.2, 0.25) is 0 Å². The highest BCUT2D eigenvalue weighted by molar-refractivity contribution is 5.63. The molecule has 2 unspecified atom stereocenters. The summed E-state index contributed by atoms with van der Waals surface area (Å²) < 4.78 is 0. The number of aliphatic carboxylic acids is 2. The molecule has 0 fully saturated rings. The van der Waals surface area contributed by atoms with Gasteiger partial charge < -0.3 is 20.4 Å². The molecule has 120 valence electrons. The molecule has 0 aliphatic carbocycles. The van der Waals surface area contributed by atoms with E-state index in [2.05, 4.69) is 10.2 Å². The van der Waals surface area contributed by atoms with Crippen molar-refractivity contribution in [1.29, 1.82) is 0 Å². The van der Waals surface area contributed by atoms with Crippen molar-refractivity contribution in [3.8, 4) is 0 Å². The van der Waals surface area contributed by atoms with Gasteiger partial charge >= 0.3 is 0 Å². The Morgan fingerprint density at radius 1 is 0.750 bits per heavy atom. The largest absolute Gasteiger partial charge is 0.481 e. The number of hydrogen-bond acceptors (Lipinski definition) is 6. The molecular formula is C12H26N2O6. The van der Waals surface area contributed by atoms with Crippen LogP contribution in [0.5, 0.6) is 0 Å². The molecule has 2 atom stereocenters. The lowest BCUT2D eigenvalue weighted by molar-refractivity contribution is -0.135. The first kappa shape index (κ1) is 23.5. The molecule has 0 radical (unpaired) electrons. The molecule has 0 aromatic rings. The van der Waals surface area contributed by atoms with E-state index >= 15 is 0 Å². The van der Waals surface area contributed by atoms with Crippen molar-refractivity contribution in [2.24, 2.45) is 22.1 Å². The van der Waals surface area contributed by atoms with Gasteiger partial charge in [-0.25, -0.2) is 0 Å². The van der Waals surface area contributed by atoms with Gasteiger partial charge in [0, 0.05) is 25.7 Å². The Hall–Kier alpha value is -1.54. The topological polar surface area (TPSA) is 140 Å². The van der Waals surface area contributed by atoms with Crippen LogP contribution in [0.2, 0.25) is 0 Å². The van der Waals surface area contributed by atoms with Crippen LogP contribution in [0.4, 0.5) is 0 Å². The van der Waals surface area contributed by atoms with E-state index in [0.717, 1.165) is 13.8 Å². The average Bonchev–Trinajstić information content (AvgIpc) is 2.23. The molecule has 0 aliphatic heterocycles. The van der Waals surface area contributed by atoms with Crippen molar-refractivity contribution < 1.29 is 30.0 Å². The molecule has 0 aromatic carbocycles. The number of hydrogen-bond donors (Lipinski definition) is 4. The van der Waals surface area contributed by atoms with Gasteiger partial charge in [0.05, 0.1) is 0 Å². The predicted molar refractivity (Wildman–Crippen MR) is 73.2 cm³/mol. The van der Waals surface area contributed by atoms with Gasteiger partial charge in [0.25, 0.3) is 11.9 Å². The number of rotatable bonds is 4. The Kier molecular flexibility index (Phi) is 16.3. The van der Waals surface area contributed by atoms with Crippen LogP contribution in [0.15, 0.2) is 10.2 Å². The van der Waals surface area contributed by atoms with Gasteiger partial charge in [-0.15, -0.1) is 0 Å². The maximum absolute atomic E-state index is 9.19. The molecule has 20 heavy (non-hydrogen) atoms. The standard InChI is InChI=1S/C8H18N2O2.2C2H4O2/c1-5(2)7(11)9-10-8(12)6(3)4;2*1-2(3)4/h5-8,11-12H,1-4H3;2*1H3,(H,3,4). The molecule has 8 nitrogen and oxygen atoms in total. The Morgan fingerprint density at radius 2 is 0.900 bits per heavy atom. The lowest BCUT2D eigenvalue weighted by Gasteiger charge is -2.10. The van der Waals surface area contributed by atoms with E-state index in [1.54, 1.807) is 0 Å². The molecule has 0 rings (SSSR count). The lowest BCUT2D eigenvalue weighted by atomic mass is 10.2. The molecule has 0 aromatic heterocycles. The third kappa shape index (κ3) is 30.0. The van der Waals surface area contributed by atoms with Gasteiger partial charge in [0.1, 0.15) is 0 Å². The van der Waals surface area contributed by atoms with Gasteiger partial charge in [0.15, 0.2) is 12.5 Å². The molecule has 0 heterocycles. The normalized spacial score (nSPS) is 13.1. The molecule has 4 N–H and O–H groups in total. The molecule has 0 bridgehead atoms. The SMILES string of the molecule is CC(=O)O.CC(=O)O.CC(C)C(O)N=NC(O)C(C)C. The second-order valence-electron chi connectivity index (χ2n) is 4.58. The van der Waals surface area contributed by atoms with E-state index in [9.17, 15) is 10.2 Å². The van der Waals surface area contributed by atoms with Gasteiger partial charge in [-0.1, -0.05) is 27.7 Å². The monoisotopic (exact) mass is 294 g/mol. The van der Waals surface area contributed by atoms with E-state index in [0.29, 0.717) is 0 Å². The Bertz CT molecular complexity index is 256. The van der Waals surface area contributed by atoms with Gasteiger partial charge in [-0.3, -0.25) is 9.59 Å². The second-order valence-corrected chi connectivity index (χ2v) is 4.58. The summed E-state index contributed by atoms with van der Waals surface area (Å²) in [4.78, 5) is 18.0. The van der Waals surface area contributed by atoms with Crippen LogP contribution in [0.3, 0.4) is 0 Å². The zero-order valence-corrected chi connectivity index (χ0v) is 12.8. The lowest BCUT2D eigenvalue weighted by Crippen LogP contribution is -2.14. The van der Waals surface area contributed by atoms with E-state index < -0.39 is 24.4 Å². The van der Waals surface area contributed by atoms with Crippen molar-refractivity contribution in [3.05, 3.63) is 0 Å². The van der Waals surface area contributed by atoms with Crippen LogP contribution in [-0.2, 0) is 9.59 Å². The highest BCUT2D eigenvalue weighted by Gasteiger charge is 2.10. The Balaban J connectivity index is -0.000000297. The minimum atomic E-state index is -0.833. The fourth-order valence-corrected chi connectivity index (χ4v) is 0.403. The van der Waals surface area contributed by atoms with Crippen molar-refractivity contribution in [2.75, 3.05) is 0 Å². The van der Waals surface area contributed by atoms with E-state index in [1.807, 2.05) is 27.7 Å². The first-order valence-corrected chi connectivity index (χ1v) is 6.06. The number of azo groups is 1. The molecule has 0 aliphatic rings. The maximum atomic E-state index is 9.19. The molecule has 0 amide bonds. The summed E-state index contributed by atoms with van der Waals surface area (Å²) >= 11 is 0. The number of carboxylic acid groups (broad SMARTS) is 2. The highest BCUT2D eigenvalue weighted by atomic mass is 16.4. The van der Waals surface area contributed by atoms with E-state index in [-0.39, 0.29) is 11.8 Å². The van der Waals surface area contributed by atoms with E-state index in [1.165, 1.54) is 0 Å². The smallest absolute Gasteiger partial charge is 0.300 e. The quantitative estimate of drug-likeness (QED) is 0.580. The van der Waals surface area contributed by atoms with Crippen molar-refractivity contribution in [2.45, 2.75) is 54.0 Å². The van der Waals surface area contributed by atoms with Gasteiger partial charge in [-0.05, 0) is 0 Å². The third-order valence-electron chi connectivity index (χ3n) is 1.50. The zero-order chi connectivity index (χ0) is 16.9. The number of carbonyl (C=O) groups is 2. The maximum Gasteiger partial charge on any atom is 0.300 e. The van der Waals surface area contributed by atoms with Crippen LogP contribution in [-0.4, -0.2) is 44.8 Å². The summed E-state index contributed by atoms with van der Waals surface area (Å²) in [6.07, 6.45) is -1.61. The minimum Gasteiger partial charge on any atom is -0.481 e.